The normalized spacial score (nSPS) is 21.0. The largest absolute Gasteiger partial charge is 0.750 e. The van der Waals surface area contributed by atoms with Crippen molar-refractivity contribution in [3.8, 4) is 23.0 Å². The van der Waals surface area contributed by atoms with Crippen molar-refractivity contribution in [2.75, 3.05) is 82.9 Å². The third-order valence-corrected chi connectivity index (χ3v) is 13.7. The fourth-order valence-electron chi connectivity index (χ4n) is 7.61. The maximum Gasteiger partial charge on any atom is 0.256 e. The Labute approximate surface area is 345 Å². The zero-order chi connectivity index (χ0) is 42.4. The number of carbonyl (C=O) groups is 4. The molecule has 59 heavy (non-hydrogen) atoms. The van der Waals surface area contributed by atoms with Gasteiger partial charge in [0, 0.05) is 63.5 Å². The van der Waals surface area contributed by atoms with Crippen LogP contribution >= 0.6 is 7.14 Å². The molecule has 2 saturated heterocycles. The number of benzene rings is 2. The molecule has 4 amide bonds. The van der Waals surface area contributed by atoms with Crippen molar-refractivity contribution in [1.82, 2.24) is 20.4 Å². The number of hydrogen-bond donors (Lipinski definition) is 4. The van der Waals surface area contributed by atoms with Crippen LogP contribution in [0, 0.1) is 0 Å². The molecular weight excluding hydrogens is 807 g/mol. The molecule has 0 radical (unpaired) electrons. The number of amides is 4. The first-order chi connectivity index (χ1) is 28.2. The first kappa shape index (κ1) is 43.5. The van der Waals surface area contributed by atoms with Gasteiger partial charge in [0.25, 0.3) is 11.8 Å². The van der Waals surface area contributed by atoms with Crippen LogP contribution in [0.3, 0.4) is 0 Å². The van der Waals surface area contributed by atoms with Crippen LogP contribution < -0.4 is 40.2 Å². The molecule has 20 heteroatoms. The van der Waals surface area contributed by atoms with Crippen LogP contribution in [0.2, 0.25) is 0 Å². The van der Waals surface area contributed by atoms with Gasteiger partial charge in [-0.25, -0.2) is 4.21 Å². The summed E-state index contributed by atoms with van der Waals surface area (Å²) in [6.07, 6.45) is -0.428. The number of methoxy groups -OCH3 is 2. The summed E-state index contributed by atoms with van der Waals surface area (Å²) in [5.74, 6) is -0.228. The Morgan fingerprint density at radius 3 is 2.03 bits per heavy atom. The standard InChI is InChI=1S/C39H51N6O12PS/c1-6-40-35(46)7-8-36(47)42-22-58(50,11-9-55-33-17-28-26(15-31(33)53-4)38(48)44-20-23(2)13-25(44)19-41-28)12-10-56-34-18-29-27(16-32(34)54-5)39(49)45-21-24(3)14-30(45)37(43-29)57-59(51)52/h15-18,25,30,37,41,43H,2-3,6-14,19-22H2,1,4-5H3,(H,40,46)(H,42,47)(H,51,52)/p-1/t25-,30-,37?,58?/m0/s1. The van der Waals surface area contributed by atoms with Gasteiger partial charge in [0.1, 0.15) is 7.14 Å². The molecule has 4 aliphatic rings. The predicted octanol–water partition coefficient (Wildman–Crippen LogP) is 3.04. The molecule has 2 aromatic carbocycles. The van der Waals surface area contributed by atoms with Crippen LogP contribution in [0.5, 0.6) is 23.0 Å². The number of ether oxygens (including phenoxy) is 4. The molecule has 6 rings (SSSR count). The van der Waals surface area contributed by atoms with Gasteiger partial charge >= 0.3 is 0 Å². The number of nitrogens with one attached hydrogen (secondary N) is 4. The van der Waals surface area contributed by atoms with Crippen LogP contribution in [0.1, 0.15) is 53.3 Å². The number of anilines is 2. The molecule has 18 nitrogen and oxygen atoms in total. The molecule has 5 atom stereocenters. The zero-order valence-electron chi connectivity index (χ0n) is 33.3. The van der Waals surface area contributed by atoms with Gasteiger partial charge < -0.3 is 59.1 Å². The summed E-state index contributed by atoms with van der Waals surface area (Å²) in [6, 6.07) is 5.63. The Hall–Kier alpha value is -5.10. The van der Waals surface area contributed by atoms with Gasteiger partial charge in [0.15, 0.2) is 29.2 Å². The third kappa shape index (κ3) is 10.2. The van der Waals surface area contributed by atoms with Crippen molar-refractivity contribution < 1.29 is 55.6 Å². The molecule has 0 aliphatic carbocycles. The van der Waals surface area contributed by atoms with E-state index in [2.05, 4.69) is 34.4 Å². The van der Waals surface area contributed by atoms with Crippen LogP contribution in [-0.2, 0) is 29.7 Å². The highest BCUT2D eigenvalue weighted by atomic mass is 32.2. The van der Waals surface area contributed by atoms with Crippen LogP contribution in [0.15, 0.2) is 48.6 Å². The lowest BCUT2D eigenvalue weighted by atomic mass is 10.1. The Morgan fingerprint density at radius 1 is 0.864 bits per heavy atom. The molecule has 2 fully saturated rings. The Balaban J connectivity index is 1.17. The Morgan fingerprint density at radius 2 is 1.42 bits per heavy atom. The quantitative estimate of drug-likeness (QED) is 0.0961. The second-order valence-corrected chi connectivity index (χ2v) is 18.7. The summed E-state index contributed by atoms with van der Waals surface area (Å²) in [5, 5.41) is 11.7. The van der Waals surface area contributed by atoms with Crippen LogP contribution in [0.4, 0.5) is 11.4 Å². The minimum atomic E-state index is -3.32. The maximum absolute atomic E-state index is 14.6. The van der Waals surface area contributed by atoms with E-state index in [1.54, 1.807) is 24.0 Å². The number of carbonyl (C=O) groups excluding carboxylic acids is 4. The van der Waals surface area contributed by atoms with Crippen molar-refractivity contribution in [3.05, 3.63) is 59.7 Å². The van der Waals surface area contributed by atoms with E-state index in [1.807, 2.05) is 0 Å². The number of hydrogen-bond acceptors (Lipinski definition) is 14. The van der Waals surface area contributed by atoms with Crippen molar-refractivity contribution in [3.63, 3.8) is 0 Å². The fraction of sp³-hybridized carbons (Fsp3) is 0.487. The van der Waals surface area contributed by atoms with Gasteiger partial charge in [-0.15, -0.1) is 0 Å². The maximum atomic E-state index is 14.6. The molecule has 0 bridgehead atoms. The minimum absolute atomic E-state index is 0.00275. The summed E-state index contributed by atoms with van der Waals surface area (Å²) < 4.78 is 66.4. The highest BCUT2D eigenvalue weighted by molar-refractivity contribution is 7.74. The molecule has 0 saturated carbocycles. The van der Waals surface area contributed by atoms with Crippen LogP contribution in [-0.4, -0.2) is 133 Å². The van der Waals surface area contributed by atoms with Crippen molar-refractivity contribution in [2.24, 2.45) is 0 Å². The van der Waals surface area contributed by atoms with E-state index in [4.69, 9.17) is 23.1 Å². The van der Waals surface area contributed by atoms with Crippen molar-refractivity contribution >= 4 is 53.5 Å². The predicted molar refractivity (Wildman–Crippen MR) is 218 cm³/mol. The lowest BCUT2D eigenvalue weighted by Gasteiger charge is -2.28. The van der Waals surface area contributed by atoms with Gasteiger partial charge in [-0.2, -0.15) is 0 Å². The van der Waals surface area contributed by atoms with E-state index < -0.39 is 36.7 Å². The highest BCUT2D eigenvalue weighted by Gasteiger charge is 2.42. The number of rotatable bonds is 18. The molecule has 0 aromatic heterocycles. The second-order valence-electron chi connectivity index (χ2n) is 14.8. The number of nitrogens with zero attached hydrogens (tertiary/aromatic N) is 2. The average Bonchev–Trinajstić information content (AvgIpc) is 3.73. The van der Waals surface area contributed by atoms with E-state index in [9.17, 15) is 32.5 Å². The van der Waals surface area contributed by atoms with E-state index in [0.717, 1.165) is 11.1 Å². The van der Waals surface area contributed by atoms with E-state index >= 15 is 0 Å². The Bertz CT molecular complexity index is 2080. The summed E-state index contributed by atoms with van der Waals surface area (Å²) in [4.78, 5) is 55.1. The van der Waals surface area contributed by atoms with E-state index in [-0.39, 0.29) is 97.7 Å². The molecule has 0 spiro atoms. The fourth-order valence-corrected chi connectivity index (χ4v) is 9.81. The smallest absolute Gasteiger partial charge is 0.256 e. The van der Waals surface area contributed by atoms with Crippen LogP contribution in [0.25, 0.3) is 0 Å². The van der Waals surface area contributed by atoms with Gasteiger partial charge in [-0.1, -0.05) is 24.3 Å². The van der Waals surface area contributed by atoms with Gasteiger partial charge in [0.05, 0.1) is 79.7 Å². The van der Waals surface area contributed by atoms with E-state index in [1.165, 1.54) is 31.3 Å². The molecule has 320 valence electrons. The van der Waals surface area contributed by atoms with Gasteiger partial charge in [-0.05, 0) is 31.9 Å². The average molecular weight is 858 g/mol. The molecule has 4 N–H and O–H groups in total. The molecular formula is C39H50N6O12PS-. The topological polar surface area (TPSA) is 226 Å². The molecule has 4 heterocycles. The Kier molecular flexibility index (Phi) is 13.9. The summed E-state index contributed by atoms with van der Waals surface area (Å²) in [7, 11) is -0.458. The second kappa shape index (κ2) is 18.9. The highest BCUT2D eigenvalue weighted by Crippen LogP contribution is 2.46. The monoisotopic (exact) mass is 857 g/mol. The van der Waals surface area contributed by atoms with E-state index in [0.29, 0.717) is 55.2 Å². The van der Waals surface area contributed by atoms with Crippen molar-refractivity contribution in [2.45, 2.75) is 50.9 Å². The third-order valence-electron chi connectivity index (χ3n) is 10.6. The first-order valence-corrected chi connectivity index (χ1v) is 22.5. The lowest BCUT2D eigenvalue weighted by Crippen LogP contribution is -2.45. The molecule has 3 unspecified atom stereocenters. The van der Waals surface area contributed by atoms with Crippen molar-refractivity contribution in [1.29, 1.82) is 0 Å². The number of fused-ring (bicyclic) bond motifs is 4. The summed E-state index contributed by atoms with van der Waals surface area (Å²) in [5.41, 5.74) is 3.20. The summed E-state index contributed by atoms with van der Waals surface area (Å²) >= 11 is -2.89. The lowest BCUT2D eigenvalue weighted by molar-refractivity contribution is -0.126. The summed E-state index contributed by atoms with van der Waals surface area (Å²) in [6.45, 7) is 11.3. The minimum Gasteiger partial charge on any atom is -0.750 e. The first-order valence-electron chi connectivity index (χ1n) is 19.2. The molecule has 4 aliphatic heterocycles. The zero-order valence-corrected chi connectivity index (χ0v) is 35.0. The SMILES string of the molecule is C=C1C[C@H]2CNc3cc(OCCP(=O)(CCOc4cc5c(cc4OC)C(=O)N4CC(=C)C[C@H]4C(OS(=O)[O-])N5)CNC(=O)CCC(=O)NCC)c(OC)cc3C(=O)N2C1. The van der Waals surface area contributed by atoms with Gasteiger partial charge in [-0.3, -0.25) is 23.4 Å². The van der Waals surface area contributed by atoms with Gasteiger partial charge in [0.2, 0.25) is 11.8 Å². The molecule has 2 aromatic rings.